The van der Waals surface area contributed by atoms with Gasteiger partial charge < -0.3 is 4.42 Å². The lowest BCUT2D eigenvalue weighted by Gasteiger charge is -2.06. The SMILES string of the molecule is CCc1ccc(C(Br)c2cc(C)sc2C)o1. The van der Waals surface area contributed by atoms with Crippen LogP contribution in [0.1, 0.15) is 38.6 Å². The van der Waals surface area contributed by atoms with Gasteiger partial charge in [0.15, 0.2) is 0 Å². The molecule has 1 nitrogen and oxygen atoms in total. The Labute approximate surface area is 109 Å². The summed E-state index contributed by atoms with van der Waals surface area (Å²) in [6, 6.07) is 6.34. The van der Waals surface area contributed by atoms with Crippen LogP contribution in [0.15, 0.2) is 22.6 Å². The predicted octanol–water partition coefficient (Wildman–Crippen LogP) is 5.00. The van der Waals surface area contributed by atoms with Crippen molar-refractivity contribution >= 4 is 27.3 Å². The fourth-order valence-electron chi connectivity index (χ4n) is 1.78. The van der Waals surface area contributed by atoms with Gasteiger partial charge in [0.2, 0.25) is 0 Å². The quantitative estimate of drug-likeness (QED) is 0.727. The predicted molar refractivity (Wildman–Crippen MR) is 72.6 cm³/mol. The van der Waals surface area contributed by atoms with Crippen molar-refractivity contribution in [1.82, 2.24) is 0 Å². The minimum Gasteiger partial charge on any atom is -0.465 e. The van der Waals surface area contributed by atoms with Crippen LogP contribution in [-0.2, 0) is 6.42 Å². The van der Waals surface area contributed by atoms with E-state index in [0.717, 1.165) is 17.9 Å². The maximum absolute atomic E-state index is 5.77. The summed E-state index contributed by atoms with van der Waals surface area (Å²) >= 11 is 5.55. The highest BCUT2D eigenvalue weighted by Gasteiger charge is 2.18. The molecule has 2 rings (SSSR count). The number of thiophene rings is 1. The van der Waals surface area contributed by atoms with Crippen molar-refractivity contribution in [2.75, 3.05) is 0 Å². The van der Waals surface area contributed by atoms with E-state index in [1.54, 1.807) is 0 Å². The third-order valence-electron chi connectivity index (χ3n) is 2.63. The molecule has 2 aromatic rings. The molecular weight excluding hydrogens is 284 g/mol. The average molecular weight is 299 g/mol. The maximum Gasteiger partial charge on any atom is 0.122 e. The van der Waals surface area contributed by atoms with Crippen molar-refractivity contribution in [3.05, 3.63) is 45.0 Å². The molecule has 0 aliphatic heterocycles. The smallest absolute Gasteiger partial charge is 0.122 e. The van der Waals surface area contributed by atoms with E-state index in [-0.39, 0.29) is 4.83 Å². The third-order valence-corrected chi connectivity index (χ3v) is 4.56. The molecule has 0 radical (unpaired) electrons. The lowest BCUT2D eigenvalue weighted by molar-refractivity contribution is 0.477. The van der Waals surface area contributed by atoms with Crippen molar-refractivity contribution in [3.8, 4) is 0 Å². The first kappa shape index (κ1) is 11.9. The molecule has 0 aliphatic carbocycles. The molecule has 1 unspecified atom stereocenters. The zero-order chi connectivity index (χ0) is 11.7. The summed E-state index contributed by atoms with van der Waals surface area (Å²) in [5, 5.41) is 0. The monoisotopic (exact) mass is 298 g/mol. The molecule has 3 heteroatoms. The van der Waals surface area contributed by atoms with E-state index in [2.05, 4.69) is 54.9 Å². The van der Waals surface area contributed by atoms with Gasteiger partial charge in [0.1, 0.15) is 11.5 Å². The number of rotatable bonds is 3. The molecule has 2 heterocycles. The second kappa shape index (κ2) is 4.76. The normalized spacial score (nSPS) is 13.0. The van der Waals surface area contributed by atoms with Gasteiger partial charge in [-0.2, -0.15) is 0 Å². The molecular formula is C13H15BrOS. The number of hydrogen-bond acceptors (Lipinski definition) is 2. The fourth-order valence-corrected chi connectivity index (χ4v) is 3.61. The first-order valence-electron chi connectivity index (χ1n) is 5.41. The Morgan fingerprint density at radius 3 is 2.62 bits per heavy atom. The molecule has 16 heavy (non-hydrogen) atoms. The lowest BCUT2D eigenvalue weighted by atomic mass is 10.1. The topological polar surface area (TPSA) is 13.1 Å². The highest BCUT2D eigenvalue weighted by Crippen LogP contribution is 2.37. The molecule has 2 aromatic heterocycles. The van der Waals surface area contributed by atoms with E-state index in [1.165, 1.54) is 15.3 Å². The highest BCUT2D eigenvalue weighted by atomic mass is 79.9. The Bertz CT molecular complexity index is 484. The van der Waals surface area contributed by atoms with Gasteiger partial charge in [-0.25, -0.2) is 0 Å². The number of alkyl halides is 1. The van der Waals surface area contributed by atoms with Crippen molar-refractivity contribution in [2.24, 2.45) is 0 Å². The largest absolute Gasteiger partial charge is 0.465 e. The van der Waals surface area contributed by atoms with Crippen LogP contribution < -0.4 is 0 Å². The molecule has 0 aromatic carbocycles. The molecule has 0 fully saturated rings. The molecule has 0 saturated heterocycles. The summed E-state index contributed by atoms with van der Waals surface area (Å²) in [7, 11) is 0. The van der Waals surface area contributed by atoms with Gasteiger partial charge in [-0.3, -0.25) is 0 Å². The third kappa shape index (κ3) is 2.25. The van der Waals surface area contributed by atoms with Crippen LogP contribution >= 0.6 is 27.3 Å². The first-order valence-corrected chi connectivity index (χ1v) is 7.14. The van der Waals surface area contributed by atoms with Gasteiger partial charge in [-0.1, -0.05) is 22.9 Å². The van der Waals surface area contributed by atoms with Crippen molar-refractivity contribution in [2.45, 2.75) is 32.0 Å². The Balaban J connectivity index is 2.31. The summed E-state index contributed by atoms with van der Waals surface area (Å²) in [5.74, 6) is 2.04. The van der Waals surface area contributed by atoms with E-state index in [4.69, 9.17) is 4.42 Å². The van der Waals surface area contributed by atoms with Crippen molar-refractivity contribution in [3.63, 3.8) is 0 Å². The van der Waals surface area contributed by atoms with Crippen LogP contribution in [0.2, 0.25) is 0 Å². The number of hydrogen-bond donors (Lipinski definition) is 0. The van der Waals surface area contributed by atoms with Crippen LogP contribution in [0.3, 0.4) is 0 Å². The lowest BCUT2D eigenvalue weighted by Crippen LogP contribution is -1.90. The van der Waals surface area contributed by atoms with Crippen molar-refractivity contribution in [1.29, 1.82) is 0 Å². The fraction of sp³-hybridized carbons (Fsp3) is 0.385. The van der Waals surface area contributed by atoms with Crippen LogP contribution in [0.5, 0.6) is 0 Å². The van der Waals surface area contributed by atoms with Gasteiger partial charge in [0.05, 0.1) is 4.83 Å². The molecule has 0 saturated carbocycles. The first-order chi connectivity index (χ1) is 7.61. The van der Waals surface area contributed by atoms with E-state index in [9.17, 15) is 0 Å². The average Bonchev–Trinajstić information content (AvgIpc) is 2.84. The van der Waals surface area contributed by atoms with Crippen LogP contribution in [0, 0.1) is 13.8 Å². The Hall–Kier alpha value is -0.540. The van der Waals surface area contributed by atoms with Gasteiger partial charge in [0.25, 0.3) is 0 Å². The van der Waals surface area contributed by atoms with Crippen LogP contribution in [-0.4, -0.2) is 0 Å². The molecule has 0 amide bonds. The molecule has 86 valence electrons. The highest BCUT2D eigenvalue weighted by molar-refractivity contribution is 9.09. The zero-order valence-corrected chi connectivity index (χ0v) is 12.1. The number of halogens is 1. The second-order valence-corrected chi connectivity index (χ2v) is 6.26. The van der Waals surface area contributed by atoms with Gasteiger partial charge in [0, 0.05) is 16.2 Å². The van der Waals surface area contributed by atoms with E-state index >= 15 is 0 Å². The molecule has 0 bridgehead atoms. The summed E-state index contributed by atoms with van der Waals surface area (Å²) in [6.07, 6.45) is 0.946. The van der Waals surface area contributed by atoms with Gasteiger partial charge >= 0.3 is 0 Å². The summed E-state index contributed by atoms with van der Waals surface area (Å²) in [5.41, 5.74) is 1.32. The number of furan rings is 1. The Kier molecular flexibility index (Phi) is 3.55. The minimum absolute atomic E-state index is 0.178. The molecule has 1 atom stereocenters. The minimum atomic E-state index is 0.178. The van der Waals surface area contributed by atoms with E-state index in [0.29, 0.717) is 0 Å². The summed E-state index contributed by atoms with van der Waals surface area (Å²) in [6.45, 7) is 6.40. The molecule has 0 spiro atoms. The molecule has 0 aliphatic rings. The van der Waals surface area contributed by atoms with Gasteiger partial charge in [-0.05, 0) is 37.6 Å². The van der Waals surface area contributed by atoms with Gasteiger partial charge in [-0.15, -0.1) is 11.3 Å². The van der Waals surface area contributed by atoms with E-state index in [1.807, 2.05) is 11.3 Å². The standard InChI is InChI=1S/C13H15BrOS/c1-4-10-5-6-12(15-10)13(14)11-7-8(2)16-9(11)3/h5-7,13H,4H2,1-3H3. The number of aryl methyl sites for hydroxylation is 3. The Morgan fingerprint density at radius 1 is 1.38 bits per heavy atom. The van der Waals surface area contributed by atoms with Crippen LogP contribution in [0.25, 0.3) is 0 Å². The van der Waals surface area contributed by atoms with Crippen molar-refractivity contribution < 1.29 is 4.42 Å². The maximum atomic E-state index is 5.77. The zero-order valence-electron chi connectivity index (χ0n) is 9.71. The molecule has 0 N–H and O–H groups in total. The van der Waals surface area contributed by atoms with E-state index < -0.39 is 0 Å². The second-order valence-electron chi connectivity index (χ2n) is 3.89. The summed E-state index contributed by atoms with van der Waals surface area (Å²) < 4.78 is 5.77. The Morgan fingerprint density at radius 2 is 2.12 bits per heavy atom. The summed E-state index contributed by atoms with van der Waals surface area (Å²) in [4.78, 5) is 2.88. The van der Waals surface area contributed by atoms with Crippen LogP contribution in [0.4, 0.5) is 0 Å².